The van der Waals surface area contributed by atoms with Gasteiger partial charge < -0.3 is 5.11 Å². The maximum atomic E-state index is 15.0. The molecule has 0 atom stereocenters. The van der Waals surface area contributed by atoms with Crippen LogP contribution in [-0.2, 0) is 16.8 Å². The first-order valence-corrected chi connectivity index (χ1v) is 12.9. The molecule has 0 amide bonds. The van der Waals surface area contributed by atoms with Crippen LogP contribution in [0.5, 0.6) is 0 Å². The molecule has 4 aromatic rings. The number of hydrogen-bond acceptors (Lipinski definition) is 4. The lowest BCUT2D eigenvalue weighted by atomic mass is 9.93. The number of rotatable bonds is 6. The SMILES string of the molecule is Cc1ccc(C2(c3ccc4sc(-c5ccc(CN6CC(C(=O)O)C6)cc5F)cc4c3)CC2)s1. The minimum absolute atomic E-state index is 0.165. The molecule has 3 heterocycles. The molecule has 2 aliphatic rings. The van der Waals surface area contributed by atoms with Crippen molar-refractivity contribution in [3.63, 3.8) is 0 Å². The van der Waals surface area contributed by atoms with E-state index in [-0.39, 0.29) is 17.2 Å². The maximum Gasteiger partial charge on any atom is 0.309 e. The molecule has 0 bridgehead atoms. The molecule has 168 valence electrons. The molecule has 6 heteroatoms. The minimum Gasteiger partial charge on any atom is -0.481 e. The summed E-state index contributed by atoms with van der Waals surface area (Å²) in [5.74, 6) is -1.27. The molecule has 2 aromatic carbocycles. The predicted molar refractivity (Wildman–Crippen MR) is 133 cm³/mol. The lowest BCUT2D eigenvalue weighted by molar-refractivity contribution is -0.147. The Labute approximate surface area is 200 Å². The third kappa shape index (κ3) is 3.70. The number of benzene rings is 2. The molecule has 1 aliphatic heterocycles. The lowest BCUT2D eigenvalue weighted by Gasteiger charge is -2.36. The molecule has 1 N–H and O–H groups in total. The summed E-state index contributed by atoms with van der Waals surface area (Å²) in [7, 11) is 0. The van der Waals surface area contributed by atoms with E-state index >= 15 is 4.39 Å². The Morgan fingerprint density at radius 1 is 1.09 bits per heavy atom. The molecule has 2 fully saturated rings. The predicted octanol–water partition coefficient (Wildman–Crippen LogP) is 6.67. The highest BCUT2D eigenvalue weighted by atomic mass is 32.1. The number of fused-ring (bicyclic) bond motifs is 1. The van der Waals surface area contributed by atoms with Crippen molar-refractivity contribution in [1.82, 2.24) is 4.90 Å². The van der Waals surface area contributed by atoms with E-state index in [9.17, 15) is 4.79 Å². The Morgan fingerprint density at radius 2 is 1.91 bits per heavy atom. The summed E-state index contributed by atoms with van der Waals surface area (Å²) in [6, 6.07) is 18.8. The highest BCUT2D eigenvalue weighted by Crippen LogP contribution is 2.56. The van der Waals surface area contributed by atoms with Crippen LogP contribution in [0.3, 0.4) is 0 Å². The molecular formula is C27H24FNO2S2. The van der Waals surface area contributed by atoms with E-state index in [1.807, 2.05) is 28.4 Å². The van der Waals surface area contributed by atoms with Crippen LogP contribution in [0.25, 0.3) is 20.5 Å². The van der Waals surface area contributed by atoms with Crippen LogP contribution in [0.4, 0.5) is 4.39 Å². The molecule has 1 aliphatic carbocycles. The Hall–Kier alpha value is -2.54. The number of carbonyl (C=O) groups is 1. The van der Waals surface area contributed by atoms with Crippen molar-refractivity contribution in [3.05, 3.63) is 81.3 Å². The van der Waals surface area contributed by atoms with Gasteiger partial charge in [-0.15, -0.1) is 22.7 Å². The van der Waals surface area contributed by atoms with E-state index in [2.05, 4.69) is 43.3 Å². The Kier molecular flexibility index (Phi) is 4.94. The molecule has 33 heavy (non-hydrogen) atoms. The number of aliphatic carboxylic acids is 1. The van der Waals surface area contributed by atoms with E-state index in [0.29, 0.717) is 25.2 Å². The van der Waals surface area contributed by atoms with E-state index < -0.39 is 5.97 Å². The third-order valence-corrected chi connectivity index (χ3v) is 9.40. The van der Waals surface area contributed by atoms with E-state index in [0.717, 1.165) is 10.4 Å². The maximum absolute atomic E-state index is 15.0. The van der Waals surface area contributed by atoms with Gasteiger partial charge in [-0.25, -0.2) is 4.39 Å². The van der Waals surface area contributed by atoms with E-state index in [4.69, 9.17) is 5.11 Å². The lowest BCUT2D eigenvalue weighted by Crippen LogP contribution is -2.49. The second-order valence-corrected chi connectivity index (χ2v) is 11.8. The van der Waals surface area contributed by atoms with Crippen molar-refractivity contribution in [1.29, 1.82) is 0 Å². The zero-order valence-corrected chi connectivity index (χ0v) is 19.9. The van der Waals surface area contributed by atoms with Crippen molar-refractivity contribution in [3.8, 4) is 10.4 Å². The van der Waals surface area contributed by atoms with Crippen LogP contribution in [0.15, 0.2) is 54.6 Å². The normalized spacial score (nSPS) is 17.9. The van der Waals surface area contributed by atoms with Gasteiger partial charge in [0.2, 0.25) is 0 Å². The van der Waals surface area contributed by atoms with Gasteiger partial charge in [0.25, 0.3) is 0 Å². The topological polar surface area (TPSA) is 40.5 Å². The molecule has 1 saturated carbocycles. The molecule has 0 unspecified atom stereocenters. The number of likely N-dealkylation sites (tertiary alicyclic amines) is 1. The van der Waals surface area contributed by atoms with Gasteiger partial charge >= 0.3 is 5.97 Å². The van der Waals surface area contributed by atoms with Crippen molar-refractivity contribution >= 4 is 38.7 Å². The van der Waals surface area contributed by atoms with Crippen molar-refractivity contribution in [2.75, 3.05) is 13.1 Å². The average Bonchev–Trinajstić information content (AvgIpc) is 3.26. The molecule has 6 rings (SSSR count). The van der Waals surface area contributed by atoms with Gasteiger partial charge in [-0.2, -0.15) is 0 Å². The number of aryl methyl sites for hydroxylation is 1. The fraction of sp³-hybridized carbons (Fsp3) is 0.296. The zero-order chi connectivity index (χ0) is 22.7. The van der Waals surface area contributed by atoms with Crippen LogP contribution >= 0.6 is 22.7 Å². The highest BCUT2D eigenvalue weighted by Gasteiger charge is 2.46. The van der Waals surface area contributed by atoms with Gasteiger partial charge in [0.05, 0.1) is 5.92 Å². The summed E-state index contributed by atoms with van der Waals surface area (Å²) in [4.78, 5) is 16.8. The van der Waals surface area contributed by atoms with Crippen LogP contribution in [0.1, 0.15) is 33.7 Å². The van der Waals surface area contributed by atoms with Crippen LogP contribution < -0.4 is 0 Å². The summed E-state index contributed by atoms with van der Waals surface area (Å²) in [6.07, 6.45) is 2.38. The van der Waals surface area contributed by atoms with Gasteiger partial charge in [0, 0.05) is 49.9 Å². The van der Waals surface area contributed by atoms with Gasteiger partial charge in [-0.05, 0) is 72.7 Å². The monoisotopic (exact) mass is 477 g/mol. The average molecular weight is 478 g/mol. The Bertz CT molecular complexity index is 1380. The van der Waals surface area contributed by atoms with E-state index in [1.54, 1.807) is 17.4 Å². The Balaban J connectivity index is 1.25. The summed E-state index contributed by atoms with van der Waals surface area (Å²) in [6.45, 7) is 3.81. The number of carboxylic acid groups (broad SMARTS) is 1. The Morgan fingerprint density at radius 3 is 2.58 bits per heavy atom. The van der Waals surface area contributed by atoms with E-state index in [1.165, 1.54) is 38.2 Å². The van der Waals surface area contributed by atoms with Crippen molar-refractivity contribution < 1.29 is 14.3 Å². The summed E-state index contributed by atoms with van der Waals surface area (Å²) >= 11 is 3.52. The van der Waals surface area contributed by atoms with Crippen molar-refractivity contribution in [2.24, 2.45) is 5.92 Å². The minimum atomic E-state index is -0.751. The number of nitrogens with zero attached hydrogens (tertiary/aromatic N) is 1. The zero-order valence-electron chi connectivity index (χ0n) is 18.3. The molecule has 3 nitrogen and oxygen atoms in total. The van der Waals surface area contributed by atoms with Gasteiger partial charge in [0.1, 0.15) is 5.82 Å². The largest absolute Gasteiger partial charge is 0.481 e. The first kappa shape index (κ1) is 21.0. The van der Waals surface area contributed by atoms with Crippen LogP contribution in [0.2, 0.25) is 0 Å². The van der Waals surface area contributed by atoms with Gasteiger partial charge in [-0.3, -0.25) is 9.69 Å². The fourth-order valence-corrected chi connectivity index (χ4v) is 7.14. The molecular weight excluding hydrogens is 453 g/mol. The van der Waals surface area contributed by atoms with Crippen molar-refractivity contribution in [2.45, 2.75) is 31.7 Å². The second kappa shape index (κ2) is 7.76. The number of thiophene rings is 2. The smallest absolute Gasteiger partial charge is 0.309 e. The molecule has 2 aromatic heterocycles. The number of halogens is 1. The molecule has 1 saturated heterocycles. The first-order chi connectivity index (χ1) is 15.9. The molecule has 0 spiro atoms. The van der Waals surface area contributed by atoms with Crippen LogP contribution in [0, 0.1) is 18.7 Å². The van der Waals surface area contributed by atoms with Crippen LogP contribution in [-0.4, -0.2) is 29.1 Å². The third-order valence-electron chi connectivity index (χ3n) is 7.04. The summed E-state index contributed by atoms with van der Waals surface area (Å²) in [5, 5.41) is 10.2. The quantitative estimate of drug-likeness (QED) is 0.337. The summed E-state index contributed by atoms with van der Waals surface area (Å²) < 4.78 is 16.2. The summed E-state index contributed by atoms with van der Waals surface area (Å²) in [5.41, 5.74) is 3.04. The highest BCUT2D eigenvalue weighted by molar-refractivity contribution is 7.22. The molecule has 0 radical (unpaired) electrons. The number of carboxylic acids is 1. The van der Waals surface area contributed by atoms with Gasteiger partial charge in [0.15, 0.2) is 0 Å². The fourth-order valence-electron chi connectivity index (χ4n) is 4.94. The standard InChI is InChI=1S/C27H24FNO2S2/c1-16-2-7-25(32-16)27(8-9-27)20-4-6-23-18(11-20)12-24(33-23)21-5-3-17(10-22(21)28)13-29-14-19(15-29)26(30)31/h2-7,10-12,19H,8-9,13-15H2,1H3,(H,30,31). The van der Waals surface area contributed by atoms with Gasteiger partial charge in [-0.1, -0.05) is 18.2 Å². The second-order valence-electron chi connectivity index (χ2n) is 9.40. The first-order valence-electron chi connectivity index (χ1n) is 11.3. The number of hydrogen-bond donors (Lipinski definition) is 1.